The zero-order valence-electron chi connectivity index (χ0n) is 63.8. The van der Waals surface area contributed by atoms with Crippen LogP contribution in [0.1, 0.15) is 141 Å². The number of H-pyrrole nitrogens is 2. The normalized spacial score (nSPS) is 26.1. The van der Waals surface area contributed by atoms with Crippen LogP contribution in [0.15, 0.2) is 54.6 Å². The molecule has 40 nitrogen and oxygen atoms in total. The molecule has 8 rings (SSSR count). The number of benzene rings is 2. The van der Waals surface area contributed by atoms with Crippen molar-refractivity contribution in [2.24, 2.45) is 23.2 Å². The van der Waals surface area contributed by atoms with E-state index in [0.29, 0.717) is 50.1 Å². The van der Waals surface area contributed by atoms with E-state index in [4.69, 9.17) is 33.2 Å². The minimum atomic E-state index is -5.37. The van der Waals surface area contributed by atoms with Crippen molar-refractivity contribution < 1.29 is 141 Å². The number of nitrogens with zero attached hydrogens (tertiary/aromatic N) is 1. The number of unbranched alkanes of at least 4 members (excludes halogenated alkanes) is 2. The number of hydrogen-bond acceptors (Lipinski definition) is 29. The first-order valence-electron chi connectivity index (χ1n) is 37.9. The van der Waals surface area contributed by atoms with Gasteiger partial charge < -0.3 is 95.4 Å². The monoisotopic (exact) mass is 1710 g/mol. The fourth-order valence-electron chi connectivity index (χ4n) is 15.0. The SMILES string of the molecule is CCCCC(C)(CCCC)COCCCN1C(=O)CC(SCC(=O)N[C@H]2C([C@@H]3C[C@H](C(=O)NCCNC(=O)COCCOCC(=O)Nc4cc(S(=O)(=O)O)cc5cc(S(=O)(=O)O)cc(S(=O)(=O)O)c45)C[C@H](NC(=O)c4cc(=O)[nH]c(=O)[nH]4)[C@H]3O[C@@H]3O[C@@H](C)[C@@H](O)[C@@H](O)[C@@H]3O)O[C@H](CO)[C@H](O)[C@@H]2O[C@@H](CC2CCCCC2)C(=O)O)C1=O. The van der Waals surface area contributed by atoms with Gasteiger partial charge >= 0.3 is 11.7 Å². The van der Waals surface area contributed by atoms with Gasteiger partial charge in [0.15, 0.2) is 12.4 Å². The molecule has 0 bridgehead atoms. The van der Waals surface area contributed by atoms with Gasteiger partial charge in [0.05, 0.1) is 83.3 Å². The van der Waals surface area contributed by atoms with Gasteiger partial charge in [0.2, 0.25) is 35.4 Å². The van der Waals surface area contributed by atoms with Crippen LogP contribution in [0.5, 0.6) is 0 Å². The van der Waals surface area contributed by atoms with Gasteiger partial charge in [0, 0.05) is 56.0 Å². The van der Waals surface area contributed by atoms with Crippen molar-refractivity contribution >= 4 is 106 Å². The number of aromatic amines is 2. The van der Waals surface area contributed by atoms with Crippen LogP contribution in [0, 0.1) is 23.2 Å². The standard InChI is InChI=1S/C71H104N8O32S4/c1-5-7-15-71(4,16-8-6-2)36-107-20-12-19-79-55(85)31-49(67(79)92)112-35-54(84)77-57-63(110-48(32-80)59(87)64(57)109-47(68(93)94)23-38-13-10-9-11-14-38)43-26-40(27-45(75-66(91)46-30-51(81)78-70(95)76-46)62(43)111-69-61(89)60(88)58(86)37(3)108-69)65(90)73-18-17-72-52(82)33-105-21-22-106-34-53(83)74-44-28-41(113(96,97)98)24-39-25-42(114(99,100)101)29-50(56(39)44)115(102,103)104/h24-25,28-30,37-38,40,43,45,47-49,57-64,69,80,86-89H,5-23,26-27,31-36H2,1-4H3,(H,72,82)(H,73,90)(H,74,83)(H,75,91)(H,77,84)(H,93,94)(H,96,97,98)(H,99,100,101)(H,102,103,104)(H2,76,78,81,95)/t37-,40-,43+,45-,47-,48+,49?,57-,58+,59-,60+,61-,62-,63?,64+,69-/m0/s1. The van der Waals surface area contributed by atoms with Crippen LogP contribution >= 0.6 is 11.8 Å². The van der Waals surface area contributed by atoms with Gasteiger partial charge in [0.25, 0.3) is 41.8 Å². The molecule has 3 saturated heterocycles. The number of amides is 7. The van der Waals surface area contributed by atoms with E-state index in [1.54, 1.807) is 0 Å². The van der Waals surface area contributed by atoms with E-state index >= 15 is 0 Å². The molecular formula is C71H104N8O32S4. The average Bonchev–Trinajstić information content (AvgIpc) is 0.860. The van der Waals surface area contributed by atoms with E-state index in [-0.39, 0.29) is 57.0 Å². The lowest BCUT2D eigenvalue weighted by atomic mass is 9.70. The molecule has 3 aliphatic heterocycles. The number of aliphatic hydroxyl groups is 5. The van der Waals surface area contributed by atoms with Crippen LogP contribution in [-0.4, -0.2) is 288 Å². The molecule has 5 fully saturated rings. The van der Waals surface area contributed by atoms with Crippen LogP contribution in [0.3, 0.4) is 0 Å². The Balaban J connectivity index is 1.01. The minimum absolute atomic E-state index is 0.0366. The molecular weight excluding hydrogens is 1610 g/mol. The van der Waals surface area contributed by atoms with Crippen LogP contribution in [0.4, 0.5) is 5.69 Å². The largest absolute Gasteiger partial charge is 0.479 e. The number of likely N-dealkylation sites (tertiary alicyclic amines) is 1. The highest BCUT2D eigenvalue weighted by Gasteiger charge is 2.57. The number of fused-ring (bicyclic) bond motifs is 1. The van der Waals surface area contributed by atoms with Gasteiger partial charge in [0.1, 0.15) is 60.4 Å². The fourth-order valence-corrected chi connectivity index (χ4v) is 17.9. The lowest BCUT2D eigenvalue weighted by Crippen LogP contribution is -2.70. The fraction of sp³-hybridized carbons (Fsp3) is 0.690. The molecule has 0 radical (unpaired) electrons. The summed E-state index contributed by atoms with van der Waals surface area (Å²) in [6.45, 7) is 4.58. The van der Waals surface area contributed by atoms with Crippen molar-refractivity contribution in [3.05, 3.63) is 56.9 Å². The predicted octanol–water partition coefficient (Wildman–Crippen LogP) is -0.734. The van der Waals surface area contributed by atoms with Crippen molar-refractivity contribution in [2.45, 2.75) is 230 Å². The summed E-state index contributed by atoms with van der Waals surface area (Å²) in [5, 5.41) is 78.3. The first kappa shape index (κ1) is 93.4. The third kappa shape index (κ3) is 26.0. The van der Waals surface area contributed by atoms with E-state index in [1.165, 1.54) is 6.92 Å². The molecule has 1 aromatic heterocycles. The number of imide groups is 1. The summed E-state index contributed by atoms with van der Waals surface area (Å²) in [5.74, 6) is -10.9. The molecule has 7 amide bonds. The van der Waals surface area contributed by atoms with E-state index in [1.807, 2.05) is 4.98 Å². The van der Waals surface area contributed by atoms with Gasteiger partial charge in [-0.15, -0.1) is 11.8 Å². The second kappa shape index (κ2) is 42.1. The molecule has 2 aliphatic carbocycles. The molecule has 16 atom stereocenters. The smallest absolute Gasteiger partial charge is 0.332 e. The molecule has 2 aromatic carbocycles. The van der Waals surface area contributed by atoms with Crippen LogP contribution in [0.2, 0.25) is 0 Å². The van der Waals surface area contributed by atoms with E-state index < -0.39 is 267 Å². The number of ether oxygens (including phenoxy) is 7. The predicted molar refractivity (Wildman–Crippen MR) is 403 cm³/mol. The zero-order chi connectivity index (χ0) is 84.4. The summed E-state index contributed by atoms with van der Waals surface area (Å²) in [6.07, 6.45) is -10.8. The van der Waals surface area contributed by atoms with Gasteiger partial charge in [-0.05, 0) is 86.4 Å². The van der Waals surface area contributed by atoms with Crippen molar-refractivity contribution in [3.8, 4) is 0 Å². The molecule has 115 heavy (non-hydrogen) atoms. The number of aromatic nitrogens is 2. The highest BCUT2D eigenvalue weighted by Crippen LogP contribution is 2.43. The molecule has 16 N–H and O–H groups in total. The summed E-state index contributed by atoms with van der Waals surface area (Å²) in [4.78, 5) is 138. The number of aliphatic hydroxyl groups excluding tert-OH is 5. The van der Waals surface area contributed by atoms with Crippen molar-refractivity contribution in [1.29, 1.82) is 0 Å². The number of nitrogens with one attached hydrogen (secondary N) is 7. The summed E-state index contributed by atoms with van der Waals surface area (Å²) in [5.41, 5.74) is -3.51. The maximum atomic E-state index is 14.8. The average molecular weight is 1710 g/mol. The first-order valence-corrected chi connectivity index (χ1v) is 43.3. The number of carboxylic acid groups (broad SMARTS) is 1. The van der Waals surface area contributed by atoms with Crippen molar-refractivity contribution in [3.63, 3.8) is 0 Å². The number of anilines is 1. The number of aliphatic carboxylic acids is 1. The minimum Gasteiger partial charge on any atom is -0.479 e. The summed E-state index contributed by atoms with van der Waals surface area (Å²) in [7, 11) is -15.7. The Morgan fingerprint density at radius 2 is 1.37 bits per heavy atom. The molecule has 2 saturated carbocycles. The van der Waals surface area contributed by atoms with E-state index in [2.05, 4.69) is 52.3 Å². The summed E-state index contributed by atoms with van der Waals surface area (Å²) >= 11 is 0.804. The molecule has 3 aromatic rings. The Bertz CT molecular complexity index is 4350. The Morgan fingerprint density at radius 3 is 1.98 bits per heavy atom. The van der Waals surface area contributed by atoms with Crippen molar-refractivity contribution in [1.82, 2.24) is 36.1 Å². The van der Waals surface area contributed by atoms with Crippen LogP contribution in [0.25, 0.3) is 10.8 Å². The molecule has 0 spiro atoms. The maximum absolute atomic E-state index is 14.8. The first-order chi connectivity index (χ1) is 54.2. The maximum Gasteiger partial charge on any atom is 0.332 e. The molecule has 644 valence electrons. The van der Waals surface area contributed by atoms with E-state index in [9.17, 15) is 117 Å². The summed E-state index contributed by atoms with van der Waals surface area (Å²) in [6, 6.07) is -0.495. The summed E-state index contributed by atoms with van der Waals surface area (Å²) < 4.78 is 145. The number of rotatable bonds is 42. The van der Waals surface area contributed by atoms with Crippen molar-refractivity contribution in [2.75, 3.05) is 77.0 Å². The number of carbonyl (C=O) groups is 8. The molecule has 44 heteroatoms. The Labute approximate surface area is 666 Å². The lowest BCUT2D eigenvalue weighted by molar-refractivity contribution is -0.319. The van der Waals surface area contributed by atoms with Gasteiger partial charge in [-0.1, -0.05) is 78.6 Å². The number of carboxylic acids is 1. The topological polar surface area (TPSA) is 615 Å². The number of carbonyl (C=O) groups excluding carboxylic acids is 7. The Kier molecular flexibility index (Phi) is 34.2. The second-order valence-electron chi connectivity index (χ2n) is 29.8. The van der Waals surface area contributed by atoms with E-state index in [0.717, 1.165) is 80.5 Å². The van der Waals surface area contributed by atoms with Gasteiger partial charge in [-0.25, -0.2) is 9.59 Å². The van der Waals surface area contributed by atoms with Gasteiger partial charge in [-0.2, -0.15) is 25.3 Å². The zero-order valence-corrected chi connectivity index (χ0v) is 67.1. The molecule has 5 aliphatic rings. The van der Waals surface area contributed by atoms with Crippen LogP contribution in [-0.2, 0) is 97.1 Å². The highest BCUT2D eigenvalue weighted by atomic mass is 32.2. The second-order valence-corrected chi connectivity index (χ2v) is 35.2. The third-order valence-corrected chi connectivity index (χ3v) is 24.7. The molecule has 4 heterocycles. The number of hydrogen-bond donors (Lipinski definition) is 16. The Hall–Kier alpha value is -7.06. The number of thioether (sulfide) groups is 1. The third-order valence-electron chi connectivity index (χ3n) is 21.0. The molecule has 2 unspecified atom stereocenters. The van der Waals surface area contributed by atoms with Crippen LogP contribution < -0.4 is 37.8 Å². The lowest BCUT2D eigenvalue weighted by Gasteiger charge is -2.52. The Morgan fingerprint density at radius 1 is 0.722 bits per heavy atom. The van der Waals surface area contributed by atoms with Gasteiger partial charge in [-0.3, -0.25) is 61.9 Å². The highest BCUT2D eigenvalue weighted by molar-refractivity contribution is 8.01. The quantitative estimate of drug-likeness (QED) is 0.0189.